The molecule has 0 bridgehead atoms. The summed E-state index contributed by atoms with van der Waals surface area (Å²) in [5.41, 5.74) is 3.83. The van der Waals surface area contributed by atoms with Gasteiger partial charge in [-0.1, -0.05) is 23.7 Å². The first kappa shape index (κ1) is 17.2. The molecule has 130 valence electrons. The molecule has 3 aromatic rings. The number of methoxy groups -OCH3 is 2. The Morgan fingerprint density at radius 3 is 2.60 bits per heavy atom. The second-order valence-corrected chi connectivity index (χ2v) is 6.11. The van der Waals surface area contributed by atoms with Crippen molar-refractivity contribution in [3.63, 3.8) is 0 Å². The van der Waals surface area contributed by atoms with Crippen LogP contribution in [-0.2, 0) is 11.2 Å². The third-order valence-electron chi connectivity index (χ3n) is 4.22. The maximum atomic E-state index is 11.5. The van der Waals surface area contributed by atoms with E-state index in [0.29, 0.717) is 27.8 Å². The monoisotopic (exact) mass is 359 g/mol. The summed E-state index contributed by atoms with van der Waals surface area (Å²) in [4.78, 5) is 14.8. The average molecular weight is 360 g/mol. The summed E-state index contributed by atoms with van der Waals surface area (Å²) in [6, 6.07) is 9.17. The number of nitrogens with one attached hydrogen (secondary N) is 1. The van der Waals surface area contributed by atoms with Gasteiger partial charge in [-0.3, -0.25) is 4.79 Å². The van der Waals surface area contributed by atoms with Crippen molar-refractivity contribution in [3.05, 3.63) is 46.5 Å². The van der Waals surface area contributed by atoms with E-state index in [1.54, 1.807) is 26.4 Å². The lowest BCUT2D eigenvalue weighted by molar-refractivity contribution is -0.136. The first-order chi connectivity index (χ1) is 12.0. The maximum absolute atomic E-state index is 11.5. The number of aliphatic carboxylic acids is 1. The van der Waals surface area contributed by atoms with E-state index in [1.165, 1.54) is 0 Å². The van der Waals surface area contributed by atoms with Crippen molar-refractivity contribution in [2.75, 3.05) is 14.2 Å². The van der Waals surface area contributed by atoms with Crippen LogP contribution in [0.25, 0.3) is 22.2 Å². The zero-order valence-electron chi connectivity index (χ0n) is 14.1. The smallest absolute Gasteiger partial charge is 0.307 e. The van der Waals surface area contributed by atoms with Crippen LogP contribution in [0.15, 0.2) is 30.3 Å². The Hall–Kier alpha value is -2.66. The molecule has 0 unspecified atom stereocenters. The Kier molecular flexibility index (Phi) is 4.59. The second-order valence-electron chi connectivity index (χ2n) is 5.70. The molecule has 2 N–H and O–H groups in total. The van der Waals surface area contributed by atoms with Gasteiger partial charge >= 0.3 is 5.97 Å². The summed E-state index contributed by atoms with van der Waals surface area (Å²) in [6.45, 7) is 1.95. The average Bonchev–Trinajstić information content (AvgIpc) is 2.97. The highest BCUT2D eigenvalue weighted by molar-refractivity contribution is 6.36. The third kappa shape index (κ3) is 2.91. The van der Waals surface area contributed by atoms with Crippen molar-refractivity contribution < 1.29 is 19.4 Å². The first-order valence-electron chi connectivity index (χ1n) is 7.70. The van der Waals surface area contributed by atoms with E-state index in [4.69, 9.17) is 21.1 Å². The van der Waals surface area contributed by atoms with Gasteiger partial charge in [0, 0.05) is 10.9 Å². The number of carbonyl (C=O) groups is 1. The van der Waals surface area contributed by atoms with Crippen molar-refractivity contribution in [2.24, 2.45) is 0 Å². The van der Waals surface area contributed by atoms with Crippen LogP contribution >= 0.6 is 11.6 Å². The van der Waals surface area contributed by atoms with Gasteiger partial charge in [0.15, 0.2) is 11.5 Å². The molecular formula is C19H18ClNO4. The molecule has 1 heterocycles. The second kappa shape index (κ2) is 6.69. The summed E-state index contributed by atoms with van der Waals surface area (Å²) in [7, 11) is 3.12. The number of aryl methyl sites for hydroxylation is 1. The number of hydrogen-bond donors (Lipinski definition) is 2. The number of aromatic amines is 1. The van der Waals surface area contributed by atoms with Crippen molar-refractivity contribution in [1.82, 2.24) is 4.98 Å². The third-order valence-corrected chi connectivity index (χ3v) is 4.53. The summed E-state index contributed by atoms with van der Waals surface area (Å²) in [5, 5.41) is 10.6. The quantitative estimate of drug-likeness (QED) is 0.706. The summed E-state index contributed by atoms with van der Waals surface area (Å²) in [6.07, 6.45) is -0.154. The summed E-state index contributed by atoms with van der Waals surface area (Å²) < 4.78 is 10.9. The topological polar surface area (TPSA) is 71.6 Å². The largest absolute Gasteiger partial charge is 0.493 e. The Morgan fingerprint density at radius 2 is 1.96 bits per heavy atom. The minimum atomic E-state index is -0.929. The number of hydrogen-bond acceptors (Lipinski definition) is 3. The highest BCUT2D eigenvalue weighted by Crippen LogP contribution is 2.42. The van der Waals surface area contributed by atoms with Crippen molar-refractivity contribution in [1.29, 1.82) is 0 Å². The molecule has 0 radical (unpaired) electrons. The lowest BCUT2D eigenvalue weighted by atomic mass is 10.0. The number of para-hydroxylation sites is 1. The number of aromatic nitrogens is 1. The van der Waals surface area contributed by atoms with Gasteiger partial charge in [0.2, 0.25) is 0 Å². The van der Waals surface area contributed by atoms with Gasteiger partial charge in [0.1, 0.15) is 0 Å². The van der Waals surface area contributed by atoms with E-state index < -0.39 is 5.97 Å². The standard InChI is InChI=1S/C19H18ClNO4/c1-10-7-8-13(20)16-12(9-15(22)23)18(21-17(10)16)11-5-4-6-14(24-2)19(11)25-3/h4-8,21H,9H2,1-3H3,(H,22,23). The van der Waals surface area contributed by atoms with Gasteiger partial charge in [-0.25, -0.2) is 0 Å². The molecule has 0 saturated carbocycles. The van der Waals surface area contributed by atoms with Crippen LogP contribution in [0.5, 0.6) is 11.5 Å². The number of benzene rings is 2. The molecule has 0 amide bonds. The van der Waals surface area contributed by atoms with E-state index in [2.05, 4.69) is 4.98 Å². The molecule has 0 aliphatic carbocycles. The lowest BCUT2D eigenvalue weighted by Gasteiger charge is -2.13. The fourth-order valence-electron chi connectivity index (χ4n) is 3.10. The first-order valence-corrected chi connectivity index (χ1v) is 8.08. The van der Waals surface area contributed by atoms with Crippen molar-refractivity contribution in [2.45, 2.75) is 13.3 Å². The summed E-state index contributed by atoms with van der Waals surface area (Å²) >= 11 is 6.38. The number of ether oxygens (including phenoxy) is 2. The van der Waals surface area contributed by atoms with Gasteiger partial charge < -0.3 is 19.6 Å². The molecular weight excluding hydrogens is 342 g/mol. The maximum Gasteiger partial charge on any atom is 0.307 e. The van der Waals surface area contributed by atoms with Crippen LogP contribution in [0.1, 0.15) is 11.1 Å². The minimum absolute atomic E-state index is 0.154. The highest BCUT2D eigenvalue weighted by atomic mass is 35.5. The predicted octanol–water partition coefficient (Wildman–Crippen LogP) is 4.44. The molecule has 0 aliphatic rings. The molecule has 0 spiro atoms. The lowest BCUT2D eigenvalue weighted by Crippen LogP contribution is -2.02. The van der Waals surface area contributed by atoms with Crippen LogP contribution in [0.2, 0.25) is 5.02 Å². The van der Waals surface area contributed by atoms with Gasteiger partial charge in [0.25, 0.3) is 0 Å². The molecule has 0 atom stereocenters. The number of H-pyrrole nitrogens is 1. The van der Waals surface area contributed by atoms with Gasteiger partial charge in [-0.15, -0.1) is 0 Å². The molecule has 1 aromatic heterocycles. The zero-order chi connectivity index (χ0) is 18.1. The van der Waals surface area contributed by atoms with E-state index in [1.807, 2.05) is 25.1 Å². The Labute approximate surface area is 150 Å². The van der Waals surface area contributed by atoms with Crippen LogP contribution in [0.3, 0.4) is 0 Å². The fourth-order valence-corrected chi connectivity index (χ4v) is 3.38. The van der Waals surface area contributed by atoms with Crippen LogP contribution in [-0.4, -0.2) is 30.3 Å². The fraction of sp³-hybridized carbons (Fsp3) is 0.211. The summed E-state index contributed by atoms with van der Waals surface area (Å²) in [5.74, 6) is 0.182. The molecule has 0 aliphatic heterocycles. The van der Waals surface area contributed by atoms with E-state index >= 15 is 0 Å². The number of fused-ring (bicyclic) bond motifs is 1. The van der Waals surface area contributed by atoms with Crippen molar-refractivity contribution in [3.8, 4) is 22.8 Å². The molecule has 6 heteroatoms. The van der Waals surface area contributed by atoms with Crippen LogP contribution in [0.4, 0.5) is 0 Å². The predicted molar refractivity (Wildman–Crippen MR) is 97.9 cm³/mol. The molecule has 3 rings (SSSR count). The van der Waals surface area contributed by atoms with Crippen molar-refractivity contribution >= 4 is 28.5 Å². The molecule has 0 fully saturated rings. The number of carboxylic acids is 1. The number of carboxylic acid groups (broad SMARTS) is 1. The highest BCUT2D eigenvalue weighted by Gasteiger charge is 2.22. The zero-order valence-corrected chi connectivity index (χ0v) is 14.9. The molecule has 25 heavy (non-hydrogen) atoms. The Bertz CT molecular complexity index is 962. The molecule has 0 saturated heterocycles. The SMILES string of the molecule is COc1cccc(-c2[nH]c3c(C)ccc(Cl)c3c2CC(=O)O)c1OC. The normalized spacial score (nSPS) is 10.9. The Morgan fingerprint density at radius 1 is 1.20 bits per heavy atom. The van der Waals surface area contributed by atoms with E-state index in [-0.39, 0.29) is 6.42 Å². The van der Waals surface area contributed by atoms with Gasteiger partial charge in [-0.05, 0) is 36.2 Å². The Balaban J connectivity index is 2.39. The van der Waals surface area contributed by atoms with Crippen LogP contribution < -0.4 is 9.47 Å². The molecule has 2 aromatic carbocycles. The van der Waals surface area contributed by atoms with E-state index in [0.717, 1.165) is 22.0 Å². The van der Waals surface area contributed by atoms with E-state index in [9.17, 15) is 9.90 Å². The van der Waals surface area contributed by atoms with Gasteiger partial charge in [-0.2, -0.15) is 0 Å². The number of halogens is 1. The number of rotatable bonds is 5. The van der Waals surface area contributed by atoms with Crippen LogP contribution in [0, 0.1) is 6.92 Å². The van der Waals surface area contributed by atoms with Gasteiger partial charge in [0.05, 0.1) is 36.9 Å². The minimum Gasteiger partial charge on any atom is -0.493 e. The molecule has 5 nitrogen and oxygen atoms in total.